The average molecular weight is 332 g/mol. The molecule has 3 nitrogen and oxygen atoms in total. The van der Waals surface area contributed by atoms with E-state index in [-0.39, 0.29) is 6.03 Å². The Balaban J connectivity index is 2.61. The molecule has 98 valence electrons. The zero-order valence-electron chi connectivity index (χ0n) is 10.2. The molecule has 0 aliphatic rings. The largest absolute Gasteiger partial charge is 0.333 e. The van der Waals surface area contributed by atoms with Gasteiger partial charge in [0.05, 0.1) is 6.54 Å². The first kappa shape index (κ1) is 15.1. The fourth-order valence-corrected chi connectivity index (χ4v) is 1.82. The van der Waals surface area contributed by atoms with Crippen molar-refractivity contribution < 1.29 is 4.79 Å². The standard InChI is InChI=1S/C13H16BrClN2O/c1-3-17(13(18)16-8-10(2)14)9-11-5-4-6-12(15)7-11/h4-7H,2-3,8-9H2,1H3,(H,16,18). The molecule has 1 rings (SSSR count). The van der Waals surface area contributed by atoms with Gasteiger partial charge in [0.25, 0.3) is 0 Å². The molecule has 1 N–H and O–H groups in total. The second-order valence-electron chi connectivity index (χ2n) is 3.82. The number of carbonyl (C=O) groups excluding carboxylic acids is 1. The smallest absolute Gasteiger partial charge is 0.317 e. The molecule has 0 heterocycles. The quantitative estimate of drug-likeness (QED) is 0.875. The van der Waals surface area contributed by atoms with Crippen LogP contribution in [0.3, 0.4) is 0 Å². The molecular formula is C13H16BrClN2O. The van der Waals surface area contributed by atoms with Gasteiger partial charge in [0.15, 0.2) is 0 Å². The molecule has 0 unspecified atom stereocenters. The van der Waals surface area contributed by atoms with Crippen LogP contribution in [0.5, 0.6) is 0 Å². The fourth-order valence-electron chi connectivity index (χ4n) is 1.47. The van der Waals surface area contributed by atoms with E-state index in [0.717, 1.165) is 10.0 Å². The van der Waals surface area contributed by atoms with Gasteiger partial charge in [-0.1, -0.05) is 46.2 Å². The molecule has 5 heteroatoms. The lowest BCUT2D eigenvalue weighted by molar-refractivity contribution is 0.199. The SMILES string of the molecule is C=C(Br)CNC(=O)N(CC)Cc1cccc(Cl)c1. The molecule has 0 aliphatic carbocycles. The van der Waals surface area contributed by atoms with E-state index in [4.69, 9.17) is 11.6 Å². The Kier molecular flexibility index (Phi) is 6.22. The molecule has 2 amide bonds. The predicted molar refractivity (Wildman–Crippen MR) is 79.0 cm³/mol. The first-order chi connectivity index (χ1) is 8.52. The fraction of sp³-hybridized carbons (Fsp3) is 0.308. The second kappa shape index (κ2) is 7.44. The lowest BCUT2D eigenvalue weighted by atomic mass is 10.2. The maximum atomic E-state index is 11.9. The molecule has 0 saturated carbocycles. The van der Waals surface area contributed by atoms with E-state index in [1.54, 1.807) is 4.90 Å². The molecule has 0 saturated heterocycles. The summed E-state index contributed by atoms with van der Waals surface area (Å²) in [5, 5.41) is 3.45. The van der Waals surface area contributed by atoms with Crippen LogP contribution in [-0.4, -0.2) is 24.0 Å². The van der Waals surface area contributed by atoms with Gasteiger partial charge in [0.2, 0.25) is 0 Å². The number of carbonyl (C=O) groups is 1. The summed E-state index contributed by atoms with van der Waals surface area (Å²) < 4.78 is 0.745. The Morgan fingerprint density at radius 1 is 1.56 bits per heavy atom. The van der Waals surface area contributed by atoms with Crippen molar-refractivity contribution >= 4 is 33.6 Å². The Bertz CT molecular complexity index is 437. The van der Waals surface area contributed by atoms with Crippen LogP contribution in [0.1, 0.15) is 12.5 Å². The normalized spacial score (nSPS) is 9.94. The lowest BCUT2D eigenvalue weighted by Gasteiger charge is -2.21. The monoisotopic (exact) mass is 330 g/mol. The topological polar surface area (TPSA) is 32.3 Å². The number of hydrogen-bond acceptors (Lipinski definition) is 1. The summed E-state index contributed by atoms with van der Waals surface area (Å²) in [5.74, 6) is 0. The van der Waals surface area contributed by atoms with Crippen molar-refractivity contribution in [3.63, 3.8) is 0 Å². The molecule has 0 bridgehead atoms. The number of urea groups is 1. The number of rotatable bonds is 5. The Labute approximate surface area is 121 Å². The molecule has 0 aliphatic heterocycles. The van der Waals surface area contributed by atoms with Crippen LogP contribution in [0.2, 0.25) is 5.02 Å². The average Bonchev–Trinajstić information content (AvgIpc) is 2.33. The van der Waals surface area contributed by atoms with Gasteiger partial charge >= 0.3 is 6.03 Å². The number of amides is 2. The minimum atomic E-state index is -0.113. The van der Waals surface area contributed by atoms with Gasteiger partial charge in [-0.25, -0.2) is 4.79 Å². The van der Waals surface area contributed by atoms with Crippen LogP contribution < -0.4 is 5.32 Å². The van der Waals surface area contributed by atoms with Crippen molar-refractivity contribution in [2.45, 2.75) is 13.5 Å². The summed E-state index contributed by atoms with van der Waals surface area (Å²) in [5.41, 5.74) is 1.01. The van der Waals surface area contributed by atoms with Gasteiger partial charge in [-0.3, -0.25) is 0 Å². The third-order valence-electron chi connectivity index (χ3n) is 2.36. The molecule has 0 aromatic heterocycles. The molecule has 0 radical (unpaired) electrons. The molecule has 18 heavy (non-hydrogen) atoms. The third kappa shape index (κ3) is 5.10. The van der Waals surface area contributed by atoms with Crippen LogP contribution in [0.25, 0.3) is 0 Å². The van der Waals surface area contributed by atoms with E-state index in [0.29, 0.717) is 24.7 Å². The predicted octanol–water partition coefficient (Wildman–Crippen LogP) is 3.78. The highest BCUT2D eigenvalue weighted by molar-refractivity contribution is 9.11. The Hall–Kier alpha value is -1.00. The van der Waals surface area contributed by atoms with Crippen molar-refractivity contribution in [3.05, 3.63) is 45.9 Å². The summed E-state index contributed by atoms with van der Waals surface area (Å²) in [6.07, 6.45) is 0. The van der Waals surface area contributed by atoms with Crippen molar-refractivity contribution in [3.8, 4) is 0 Å². The van der Waals surface area contributed by atoms with Crippen LogP contribution >= 0.6 is 27.5 Å². The van der Waals surface area contributed by atoms with Gasteiger partial charge in [-0.15, -0.1) is 0 Å². The molecule has 0 fully saturated rings. The first-order valence-corrected chi connectivity index (χ1v) is 6.80. The number of nitrogens with one attached hydrogen (secondary N) is 1. The van der Waals surface area contributed by atoms with Crippen molar-refractivity contribution in [2.75, 3.05) is 13.1 Å². The minimum absolute atomic E-state index is 0.113. The zero-order chi connectivity index (χ0) is 13.5. The zero-order valence-corrected chi connectivity index (χ0v) is 12.6. The van der Waals surface area contributed by atoms with Crippen LogP contribution in [0.15, 0.2) is 35.3 Å². The Morgan fingerprint density at radius 2 is 2.28 bits per heavy atom. The molecule has 1 aromatic rings. The van der Waals surface area contributed by atoms with E-state index in [2.05, 4.69) is 27.8 Å². The van der Waals surface area contributed by atoms with Gasteiger partial charge < -0.3 is 10.2 Å². The van der Waals surface area contributed by atoms with E-state index in [1.807, 2.05) is 31.2 Å². The number of nitrogens with zero attached hydrogens (tertiary/aromatic N) is 1. The van der Waals surface area contributed by atoms with E-state index in [1.165, 1.54) is 0 Å². The highest BCUT2D eigenvalue weighted by Gasteiger charge is 2.11. The van der Waals surface area contributed by atoms with Crippen molar-refractivity contribution in [1.82, 2.24) is 10.2 Å². The highest BCUT2D eigenvalue weighted by atomic mass is 79.9. The number of benzene rings is 1. The summed E-state index contributed by atoms with van der Waals surface area (Å²) in [6.45, 7) is 7.20. The summed E-state index contributed by atoms with van der Waals surface area (Å²) in [6, 6.07) is 7.39. The van der Waals surface area contributed by atoms with Crippen molar-refractivity contribution in [2.24, 2.45) is 0 Å². The second-order valence-corrected chi connectivity index (χ2v) is 5.38. The van der Waals surface area contributed by atoms with E-state index < -0.39 is 0 Å². The summed E-state index contributed by atoms with van der Waals surface area (Å²) in [7, 11) is 0. The van der Waals surface area contributed by atoms with Crippen LogP contribution in [0, 0.1) is 0 Å². The highest BCUT2D eigenvalue weighted by Crippen LogP contribution is 2.12. The minimum Gasteiger partial charge on any atom is -0.333 e. The molecule has 1 aromatic carbocycles. The summed E-state index contributed by atoms with van der Waals surface area (Å²) in [4.78, 5) is 13.6. The van der Waals surface area contributed by atoms with Gasteiger partial charge in [0.1, 0.15) is 0 Å². The number of hydrogen-bond donors (Lipinski definition) is 1. The molecule has 0 atom stereocenters. The van der Waals surface area contributed by atoms with Crippen molar-refractivity contribution in [1.29, 1.82) is 0 Å². The molecule has 0 spiro atoms. The maximum Gasteiger partial charge on any atom is 0.317 e. The first-order valence-electron chi connectivity index (χ1n) is 5.63. The van der Waals surface area contributed by atoms with E-state index in [9.17, 15) is 4.79 Å². The van der Waals surface area contributed by atoms with E-state index >= 15 is 0 Å². The maximum absolute atomic E-state index is 11.9. The summed E-state index contributed by atoms with van der Waals surface area (Å²) >= 11 is 9.12. The van der Waals surface area contributed by atoms with Gasteiger partial charge in [-0.05, 0) is 24.6 Å². The molecular weight excluding hydrogens is 316 g/mol. The van der Waals surface area contributed by atoms with Crippen LogP contribution in [-0.2, 0) is 6.54 Å². The van der Waals surface area contributed by atoms with Gasteiger partial charge in [0, 0.05) is 22.6 Å². The number of halogens is 2. The van der Waals surface area contributed by atoms with Gasteiger partial charge in [-0.2, -0.15) is 0 Å². The lowest BCUT2D eigenvalue weighted by Crippen LogP contribution is -2.39. The Morgan fingerprint density at radius 3 is 2.83 bits per heavy atom. The van der Waals surface area contributed by atoms with Crippen LogP contribution in [0.4, 0.5) is 4.79 Å². The third-order valence-corrected chi connectivity index (χ3v) is 2.88.